The Balaban J connectivity index is 1.79. The van der Waals surface area contributed by atoms with Gasteiger partial charge >= 0.3 is 0 Å². The summed E-state index contributed by atoms with van der Waals surface area (Å²) in [5.41, 5.74) is 2.54. The first kappa shape index (κ1) is 15.0. The Kier molecular flexibility index (Phi) is 4.06. The summed E-state index contributed by atoms with van der Waals surface area (Å²) in [6, 6.07) is 5.70. The molecule has 2 atom stereocenters. The van der Waals surface area contributed by atoms with Crippen molar-refractivity contribution in [3.05, 3.63) is 35.1 Å². The molecule has 1 saturated heterocycles. The van der Waals surface area contributed by atoms with Gasteiger partial charge in [-0.2, -0.15) is 0 Å². The van der Waals surface area contributed by atoms with Crippen molar-refractivity contribution in [2.45, 2.75) is 58.2 Å². The van der Waals surface area contributed by atoms with E-state index in [1.54, 1.807) is 12.1 Å². The average molecular weight is 290 g/mol. The summed E-state index contributed by atoms with van der Waals surface area (Å²) >= 11 is 0. The van der Waals surface area contributed by atoms with Gasteiger partial charge in [0.25, 0.3) is 0 Å². The van der Waals surface area contributed by atoms with Crippen LogP contribution in [0.4, 0.5) is 4.39 Å². The second-order valence-corrected chi connectivity index (χ2v) is 7.23. The highest BCUT2D eigenvalue weighted by Gasteiger charge is 2.43. The summed E-state index contributed by atoms with van der Waals surface area (Å²) in [5, 5.41) is 3.78. The molecule has 2 unspecified atom stereocenters. The molecule has 0 aromatic heterocycles. The molecule has 2 aliphatic rings. The largest absolute Gasteiger partial charge is 0.310 e. The van der Waals surface area contributed by atoms with Crippen LogP contribution in [0.25, 0.3) is 0 Å². The highest BCUT2D eigenvalue weighted by atomic mass is 19.1. The van der Waals surface area contributed by atoms with Gasteiger partial charge in [0.15, 0.2) is 0 Å². The summed E-state index contributed by atoms with van der Waals surface area (Å²) in [6.45, 7) is 9.76. The third-order valence-electron chi connectivity index (χ3n) is 5.41. The number of rotatable bonds is 3. The predicted octanol–water partition coefficient (Wildman–Crippen LogP) is 3.49. The molecule has 0 radical (unpaired) electrons. The highest BCUT2D eigenvalue weighted by Crippen LogP contribution is 2.41. The molecule has 1 N–H and O–H groups in total. The lowest BCUT2D eigenvalue weighted by Gasteiger charge is -2.36. The molecule has 21 heavy (non-hydrogen) atoms. The molecule has 0 bridgehead atoms. The van der Waals surface area contributed by atoms with Crippen molar-refractivity contribution < 1.29 is 4.39 Å². The smallest absolute Gasteiger partial charge is 0.123 e. The van der Waals surface area contributed by atoms with Crippen molar-refractivity contribution in [3.8, 4) is 0 Å². The third-order valence-corrected chi connectivity index (χ3v) is 5.41. The fraction of sp³-hybridized carbons (Fsp3) is 0.667. The Morgan fingerprint density at radius 3 is 2.81 bits per heavy atom. The molecule has 116 valence electrons. The lowest BCUT2D eigenvalue weighted by atomic mass is 9.94. The van der Waals surface area contributed by atoms with Crippen LogP contribution in [0.5, 0.6) is 0 Å². The van der Waals surface area contributed by atoms with Gasteiger partial charge in [0.05, 0.1) is 0 Å². The van der Waals surface area contributed by atoms with E-state index in [2.05, 4.69) is 31.0 Å². The van der Waals surface area contributed by atoms with Gasteiger partial charge in [0, 0.05) is 24.7 Å². The van der Waals surface area contributed by atoms with E-state index in [0.29, 0.717) is 6.04 Å². The molecule has 0 amide bonds. The molecule has 2 nitrogen and oxygen atoms in total. The molecule has 1 aliphatic heterocycles. The summed E-state index contributed by atoms with van der Waals surface area (Å²) in [5.74, 6) is 0.695. The summed E-state index contributed by atoms with van der Waals surface area (Å²) in [7, 11) is 0. The van der Waals surface area contributed by atoms with E-state index in [1.165, 1.54) is 18.4 Å². The molecule has 2 fully saturated rings. The Morgan fingerprint density at radius 1 is 1.33 bits per heavy atom. The average Bonchev–Trinajstić information content (AvgIpc) is 3.26. The van der Waals surface area contributed by atoms with Crippen molar-refractivity contribution >= 4 is 0 Å². The van der Waals surface area contributed by atoms with Crippen LogP contribution < -0.4 is 5.32 Å². The number of benzene rings is 1. The van der Waals surface area contributed by atoms with Gasteiger partial charge in [-0.15, -0.1) is 0 Å². The van der Waals surface area contributed by atoms with Gasteiger partial charge in [-0.05, 0) is 75.8 Å². The second kappa shape index (κ2) is 5.69. The van der Waals surface area contributed by atoms with E-state index in [0.717, 1.165) is 37.5 Å². The Morgan fingerprint density at radius 2 is 2.10 bits per heavy atom. The number of hydrogen-bond donors (Lipinski definition) is 1. The van der Waals surface area contributed by atoms with Crippen molar-refractivity contribution in [1.82, 2.24) is 10.2 Å². The number of nitrogens with zero attached hydrogens (tertiary/aromatic N) is 1. The van der Waals surface area contributed by atoms with Gasteiger partial charge in [0.2, 0.25) is 0 Å². The lowest BCUT2D eigenvalue weighted by Crippen LogP contribution is -2.51. The number of nitrogens with one attached hydrogen (secondary N) is 1. The fourth-order valence-electron chi connectivity index (χ4n) is 3.62. The van der Waals surface area contributed by atoms with Gasteiger partial charge in [-0.3, -0.25) is 4.90 Å². The molecule has 1 saturated carbocycles. The number of hydrogen-bond acceptors (Lipinski definition) is 2. The predicted molar refractivity (Wildman–Crippen MR) is 84.8 cm³/mol. The molecular formula is C18H27FN2. The van der Waals surface area contributed by atoms with Crippen LogP contribution in [0.1, 0.15) is 44.2 Å². The minimum absolute atomic E-state index is 0.124. The minimum atomic E-state index is -0.124. The molecule has 1 aromatic rings. The van der Waals surface area contributed by atoms with Crippen LogP contribution in [0.2, 0.25) is 0 Å². The van der Waals surface area contributed by atoms with Crippen LogP contribution in [-0.2, 0) is 6.54 Å². The molecule has 0 spiro atoms. The quantitative estimate of drug-likeness (QED) is 0.917. The molecule has 3 rings (SSSR count). The lowest BCUT2D eigenvalue weighted by molar-refractivity contribution is 0.154. The fourth-order valence-corrected chi connectivity index (χ4v) is 3.62. The standard InChI is InChI=1S/C18H27FN2/c1-13-4-7-17(19)10-15(13)11-21-12-18(3,16-5-6-16)20-9-8-14(21)2/h4,7,10,14,16,20H,5-6,8-9,11-12H2,1-3H3. The van der Waals surface area contributed by atoms with Gasteiger partial charge in [-0.1, -0.05) is 6.07 Å². The second-order valence-electron chi connectivity index (χ2n) is 7.23. The van der Waals surface area contributed by atoms with Crippen LogP contribution in [0, 0.1) is 18.7 Å². The maximum absolute atomic E-state index is 13.5. The maximum atomic E-state index is 13.5. The zero-order valence-corrected chi connectivity index (χ0v) is 13.5. The Hall–Kier alpha value is -0.930. The topological polar surface area (TPSA) is 15.3 Å². The van der Waals surface area contributed by atoms with Gasteiger partial charge in [-0.25, -0.2) is 4.39 Å². The maximum Gasteiger partial charge on any atom is 0.123 e. The van der Waals surface area contributed by atoms with Crippen molar-refractivity contribution in [1.29, 1.82) is 0 Å². The van der Waals surface area contributed by atoms with E-state index in [-0.39, 0.29) is 11.4 Å². The first-order valence-electron chi connectivity index (χ1n) is 8.22. The summed E-state index contributed by atoms with van der Waals surface area (Å²) in [4.78, 5) is 2.54. The van der Waals surface area contributed by atoms with Crippen molar-refractivity contribution in [3.63, 3.8) is 0 Å². The third kappa shape index (κ3) is 3.29. The van der Waals surface area contributed by atoms with E-state index in [1.807, 2.05) is 6.07 Å². The van der Waals surface area contributed by atoms with Gasteiger partial charge in [0.1, 0.15) is 5.82 Å². The van der Waals surface area contributed by atoms with Crippen LogP contribution in [-0.4, -0.2) is 29.6 Å². The zero-order chi connectivity index (χ0) is 15.0. The molecule has 1 aliphatic carbocycles. The molecule has 1 aromatic carbocycles. The van der Waals surface area contributed by atoms with Crippen molar-refractivity contribution in [2.24, 2.45) is 5.92 Å². The SMILES string of the molecule is Cc1ccc(F)cc1CN1CC(C)(C2CC2)NCCC1C. The number of halogens is 1. The first-order valence-corrected chi connectivity index (χ1v) is 8.22. The van der Waals surface area contributed by atoms with Crippen LogP contribution in [0.15, 0.2) is 18.2 Å². The molecular weight excluding hydrogens is 263 g/mol. The van der Waals surface area contributed by atoms with E-state index in [9.17, 15) is 4.39 Å². The highest BCUT2D eigenvalue weighted by molar-refractivity contribution is 5.26. The normalized spacial score (nSPS) is 31.1. The Labute approximate surface area is 127 Å². The van der Waals surface area contributed by atoms with E-state index >= 15 is 0 Å². The summed E-state index contributed by atoms with van der Waals surface area (Å²) in [6.07, 6.45) is 3.87. The first-order chi connectivity index (χ1) is 9.98. The van der Waals surface area contributed by atoms with Crippen LogP contribution >= 0.6 is 0 Å². The van der Waals surface area contributed by atoms with E-state index in [4.69, 9.17) is 0 Å². The van der Waals surface area contributed by atoms with Crippen molar-refractivity contribution in [2.75, 3.05) is 13.1 Å². The molecule has 3 heteroatoms. The zero-order valence-electron chi connectivity index (χ0n) is 13.5. The van der Waals surface area contributed by atoms with Crippen LogP contribution in [0.3, 0.4) is 0 Å². The Bertz CT molecular complexity index is 512. The molecule has 1 heterocycles. The number of aryl methyl sites for hydroxylation is 1. The monoisotopic (exact) mass is 290 g/mol. The minimum Gasteiger partial charge on any atom is -0.310 e. The summed E-state index contributed by atoms with van der Waals surface area (Å²) < 4.78 is 13.5. The van der Waals surface area contributed by atoms with E-state index < -0.39 is 0 Å². The van der Waals surface area contributed by atoms with Gasteiger partial charge < -0.3 is 5.32 Å².